The Morgan fingerprint density at radius 1 is 1.11 bits per heavy atom. The van der Waals surface area contributed by atoms with Crippen LogP contribution in [0.5, 0.6) is 0 Å². The van der Waals surface area contributed by atoms with Crippen LogP contribution in [0.2, 0.25) is 0 Å². The lowest BCUT2D eigenvalue weighted by atomic mass is 10.1. The number of benzene rings is 1. The first-order valence-corrected chi connectivity index (χ1v) is 10.1. The molecular weight excluding hydrogens is 374 g/mol. The summed E-state index contributed by atoms with van der Waals surface area (Å²) < 4.78 is 5.18. The van der Waals surface area contributed by atoms with Gasteiger partial charge in [-0.15, -0.1) is 11.3 Å². The fourth-order valence-electron chi connectivity index (χ4n) is 3.19. The van der Waals surface area contributed by atoms with Crippen LogP contribution < -0.4 is 10.2 Å². The maximum atomic E-state index is 12.5. The van der Waals surface area contributed by atoms with E-state index in [1.165, 1.54) is 4.88 Å². The summed E-state index contributed by atoms with van der Waals surface area (Å²) in [4.78, 5) is 22.6. The van der Waals surface area contributed by atoms with Crippen LogP contribution in [-0.2, 0) is 0 Å². The number of amides is 2. The molecule has 146 valence electrons. The zero-order chi connectivity index (χ0) is 19.7. The van der Waals surface area contributed by atoms with E-state index in [1.54, 1.807) is 16.2 Å². The van der Waals surface area contributed by atoms with Gasteiger partial charge >= 0.3 is 6.03 Å². The zero-order valence-corrected chi connectivity index (χ0v) is 17.0. The molecule has 1 N–H and O–H groups in total. The van der Waals surface area contributed by atoms with Crippen molar-refractivity contribution in [1.29, 1.82) is 0 Å². The van der Waals surface area contributed by atoms with E-state index >= 15 is 0 Å². The van der Waals surface area contributed by atoms with Crippen LogP contribution in [-0.4, -0.2) is 47.3 Å². The van der Waals surface area contributed by atoms with Crippen molar-refractivity contribution in [2.45, 2.75) is 20.8 Å². The molecule has 3 heterocycles. The molecule has 1 aliphatic rings. The fourth-order valence-corrected chi connectivity index (χ4v) is 4.17. The van der Waals surface area contributed by atoms with E-state index in [4.69, 9.17) is 9.51 Å². The van der Waals surface area contributed by atoms with Crippen molar-refractivity contribution >= 4 is 28.4 Å². The highest BCUT2D eigenvalue weighted by atomic mass is 32.1. The average Bonchev–Trinajstić information content (AvgIpc) is 3.26. The van der Waals surface area contributed by atoms with Crippen molar-refractivity contribution in [3.05, 3.63) is 46.5 Å². The summed E-state index contributed by atoms with van der Waals surface area (Å²) in [6.07, 6.45) is 0. The van der Waals surface area contributed by atoms with Gasteiger partial charge in [0.1, 0.15) is 0 Å². The molecule has 8 heteroatoms. The monoisotopic (exact) mass is 397 g/mol. The molecule has 3 aromatic rings. The Morgan fingerprint density at radius 3 is 2.46 bits per heavy atom. The number of hydrogen-bond donors (Lipinski definition) is 1. The number of thiazole rings is 1. The Balaban J connectivity index is 1.39. The number of piperazine rings is 1. The smallest absolute Gasteiger partial charge is 0.324 e. The van der Waals surface area contributed by atoms with Gasteiger partial charge in [0.15, 0.2) is 5.13 Å². The van der Waals surface area contributed by atoms with Crippen LogP contribution in [0.4, 0.5) is 15.8 Å². The lowest BCUT2D eigenvalue weighted by Crippen LogP contribution is -2.50. The molecule has 28 heavy (non-hydrogen) atoms. The van der Waals surface area contributed by atoms with Crippen LogP contribution in [0.25, 0.3) is 11.3 Å². The molecule has 0 spiro atoms. The van der Waals surface area contributed by atoms with E-state index in [9.17, 15) is 4.79 Å². The third-order valence-corrected chi connectivity index (χ3v) is 6.08. The van der Waals surface area contributed by atoms with Crippen LogP contribution in [0.15, 0.2) is 34.9 Å². The second-order valence-corrected chi connectivity index (χ2v) is 8.08. The Bertz CT molecular complexity index is 974. The molecule has 2 aromatic heterocycles. The Hall–Kier alpha value is -2.87. The summed E-state index contributed by atoms with van der Waals surface area (Å²) in [5.74, 6) is 0.424. The molecule has 0 atom stereocenters. The van der Waals surface area contributed by atoms with Crippen molar-refractivity contribution in [1.82, 2.24) is 15.0 Å². The third kappa shape index (κ3) is 3.60. The van der Waals surface area contributed by atoms with Gasteiger partial charge in [0.05, 0.1) is 11.4 Å². The number of hydrogen-bond acceptors (Lipinski definition) is 6. The zero-order valence-electron chi connectivity index (χ0n) is 16.2. The second-order valence-electron chi connectivity index (χ2n) is 6.89. The highest BCUT2D eigenvalue weighted by molar-refractivity contribution is 7.16. The van der Waals surface area contributed by atoms with Gasteiger partial charge in [-0.3, -0.25) is 5.32 Å². The molecule has 4 rings (SSSR count). The lowest BCUT2D eigenvalue weighted by molar-refractivity contribution is 0.207. The molecule has 1 fully saturated rings. The van der Waals surface area contributed by atoms with E-state index in [1.807, 2.05) is 32.0 Å². The van der Waals surface area contributed by atoms with E-state index in [0.717, 1.165) is 40.7 Å². The molecule has 1 aromatic carbocycles. The maximum absolute atomic E-state index is 12.5. The first kappa shape index (κ1) is 18.5. The van der Waals surface area contributed by atoms with Gasteiger partial charge in [0.25, 0.3) is 0 Å². The number of nitrogens with one attached hydrogen (secondary N) is 1. The molecule has 1 saturated heterocycles. The number of aryl methyl sites for hydroxylation is 2. The normalized spacial score (nSPS) is 14.4. The van der Waals surface area contributed by atoms with Crippen molar-refractivity contribution in [3.8, 4) is 11.3 Å². The van der Waals surface area contributed by atoms with Crippen LogP contribution in [0.1, 0.15) is 16.1 Å². The number of urea groups is 1. The van der Waals surface area contributed by atoms with Crippen molar-refractivity contribution < 1.29 is 9.32 Å². The maximum Gasteiger partial charge on any atom is 0.324 e. The fraction of sp³-hybridized carbons (Fsp3) is 0.350. The highest BCUT2D eigenvalue weighted by Crippen LogP contribution is 2.32. The van der Waals surface area contributed by atoms with Gasteiger partial charge in [-0.05, 0) is 20.8 Å². The van der Waals surface area contributed by atoms with Crippen molar-refractivity contribution in [2.75, 3.05) is 36.4 Å². The van der Waals surface area contributed by atoms with Crippen molar-refractivity contribution in [2.24, 2.45) is 0 Å². The van der Waals surface area contributed by atoms with Gasteiger partial charge in [0, 0.05) is 42.2 Å². The Morgan fingerprint density at radius 2 is 1.82 bits per heavy atom. The first-order chi connectivity index (χ1) is 13.5. The Kier molecular flexibility index (Phi) is 5.04. The number of anilines is 2. The summed E-state index contributed by atoms with van der Waals surface area (Å²) in [7, 11) is 0. The van der Waals surface area contributed by atoms with E-state index in [0.29, 0.717) is 19.0 Å². The predicted molar refractivity (Wildman–Crippen MR) is 111 cm³/mol. The van der Waals surface area contributed by atoms with Crippen molar-refractivity contribution in [3.63, 3.8) is 0 Å². The summed E-state index contributed by atoms with van der Waals surface area (Å²) >= 11 is 1.71. The average molecular weight is 398 g/mol. The second kappa shape index (κ2) is 7.63. The molecule has 0 aliphatic carbocycles. The molecule has 2 amide bonds. The van der Waals surface area contributed by atoms with Crippen LogP contribution >= 0.6 is 11.3 Å². The lowest BCUT2D eigenvalue weighted by Gasteiger charge is -2.34. The van der Waals surface area contributed by atoms with E-state index < -0.39 is 0 Å². The third-order valence-electron chi connectivity index (χ3n) is 5.05. The Labute approximate surface area is 168 Å². The van der Waals surface area contributed by atoms with Gasteiger partial charge in [-0.25, -0.2) is 9.78 Å². The minimum Gasteiger partial charge on any atom is -0.345 e. The summed E-state index contributed by atoms with van der Waals surface area (Å²) in [6.45, 7) is 8.62. The summed E-state index contributed by atoms with van der Waals surface area (Å²) in [6, 6.07) is 10.1. The topological polar surface area (TPSA) is 74.5 Å². The van der Waals surface area contributed by atoms with Gasteiger partial charge in [-0.1, -0.05) is 35.5 Å². The van der Waals surface area contributed by atoms with Gasteiger partial charge < -0.3 is 14.3 Å². The van der Waals surface area contributed by atoms with Gasteiger partial charge in [-0.2, -0.15) is 0 Å². The molecular formula is C20H23N5O2S. The largest absolute Gasteiger partial charge is 0.345 e. The highest BCUT2D eigenvalue weighted by Gasteiger charge is 2.25. The quantitative estimate of drug-likeness (QED) is 0.721. The number of aromatic nitrogens is 2. The molecule has 1 aliphatic heterocycles. The summed E-state index contributed by atoms with van der Waals surface area (Å²) in [5.41, 5.74) is 3.82. The van der Waals surface area contributed by atoms with Crippen LogP contribution in [0, 0.1) is 20.8 Å². The van der Waals surface area contributed by atoms with E-state index in [-0.39, 0.29) is 6.03 Å². The minimum atomic E-state index is -0.154. The number of carbonyl (C=O) groups excluding carboxylic acids is 1. The van der Waals surface area contributed by atoms with E-state index in [2.05, 4.69) is 34.4 Å². The first-order valence-electron chi connectivity index (χ1n) is 9.29. The molecule has 0 radical (unpaired) electrons. The molecule has 7 nitrogen and oxygen atoms in total. The number of nitrogens with zero attached hydrogens (tertiary/aromatic N) is 4. The van der Waals surface area contributed by atoms with Gasteiger partial charge in [0.2, 0.25) is 5.88 Å². The minimum absolute atomic E-state index is 0.154. The predicted octanol–water partition coefficient (Wildman–Crippen LogP) is 4.08. The molecule has 0 bridgehead atoms. The molecule has 0 unspecified atom stereocenters. The number of carbonyl (C=O) groups is 1. The SMILES string of the molecule is Cc1noc(NC(=O)N2CCN(c3nc(-c4ccccc4)c(C)s3)CC2)c1C. The molecule has 0 saturated carbocycles. The summed E-state index contributed by atoms with van der Waals surface area (Å²) in [5, 5.41) is 7.71. The standard InChI is InChI=1S/C20H23N5O2S/c1-13-14(2)23-27-18(13)22-19(26)24-9-11-25(12-10-24)20-21-17(15(3)28-20)16-7-5-4-6-8-16/h4-8H,9-12H2,1-3H3,(H,22,26). The van der Waals surface area contributed by atoms with Crippen LogP contribution in [0.3, 0.4) is 0 Å². The number of rotatable bonds is 3.